The van der Waals surface area contributed by atoms with Crippen molar-refractivity contribution in [2.24, 2.45) is 17.8 Å². The molecule has 2 aliphatic rings. The Hall–Kier alpha value is -1.06. The summed E-state index contributed by atoms with van der Waals surface area (Å²) >= 11 is 0. The maximum absolute atomic E-state index is 12.1. The quantitative estimate of drug-likeness (QED) is 0.832. The van der Waals surface area contributed by atoms with Crippen molar-refractivity contribution in [1.82, 2.24) is 5.32 Å². The van der Waals surface area contributed by atoms with E-state index in [1.807, 2.05) is 0 Å². The Bertz CT molecular complexity index is 335. The van der Waals surface area contributed by atoms with Crippen LogP contribution in [0.15, 0.2) is 0 Å². The summed E-state index contributed by atoms with van der Waals surface area (Å²) in [6, 6.07) is 0. The fourth-order valence-corrected chi connectivity index (χ4v) is 3.58. The Balaban J connectivity index is 1.70. The van der Waals surface area contributed by atoms with Gasteiger partial charge in [-0.15, -0.1) is 0 Å². The molecule has 0 aliphatic heterocycles. The average molecular weight is 281 g/mol. The Morgan fingerprint density at radius 2 is 1.50 bits per heavy atom. The second kappa shape index (κ2) is 7.65. The first-order valence-electron chi connectivity index (χ1n) is 8.17. The van der Waals surface area contributed by atoms with E-state index in [0.29, 0.717) is 18.8 Å². The van der Waals surface area contributed by atoms with Crippen LogP contribution >= 0.6 is 0 Å². The normalized spacial score (nSPS) is 28.6. The van der Waals surface area contributed by atoms with Gasteiger partial charge in [0.2, 0.25) is 5.91 Å². The van der Waals surface area contributed by atoms with Crippen LogP contribution < -0.4 is 5.32 Å². The van der Waals surface area contributed by atoms with Gasteiger partial charge < -0.3 is 10.4 Å². The fourth-order valence-electron chi connectivity index (χ4n) is 3.58. The monoisotopic (exact) mass is 281 g/mol. The van der Waals surface area contributed by atoms with Crippen molar-refractivity contribution in [3.8, 4) is 0 Å². The van der Waals surface area contributed by atoms with Gasteiger partial charge in [-0.3, -0.25) is 9.59 Å². The van der Waals surface area contributed by atoms with Gasteiger partial charge >= 0.3 is 5.97 Å². The molecule has 4 heteroatoms. The summed E-state index contributed by atoms with van der Waals surface area (Å²) < 4.78 is 0. The van der Waals surface area contributed by atoms with Crippen LogP contribution in [0.2, 0.25) is 0 Å². The molecule has 0 aromatic heterocycles. The van der Waals surface area contributed by atoms with Crippen LogP contribution in [-0.2, 0) is 9.59 Å². The molecule has 1 amide bonds. The molecule has 114 valence electrons. The van der Waals surface area contributed by atoms with Crippen LogP contribution in [0.3, 0.4) is 0 Å². The minimum atomic E-state index is -0.750. The number of carboxylic acid groups (broad SMARTS) is 1. The molecule has 2 saturated carbocycles. The minimum Gasteiger partial charge on any atom is -0.481 e. The number of carboxylic acids is 1. The van der Waals surface area contributed by atoms with Gasteiger partial charge in [-0.25, -0.2) is 0 Å². The molecule has 0 saturated heterocycles. The van der Waals surface area contributed by atoms with Crippen molar-refractivity contribution < 1.29 is 14.7 Å². The first-order chi connectivity index (χ1) is 9.66. The summed E-state index contributed by atoms with van der Waals surface area (Å²) in [7, 11) is 0. The molecule has 2 atom stereocenters. The first kappa shape index (κ1) is 15.3. The van der Waals surface area contributed by atoms with E-state index in [2.05, 4.69) is 5.32 Å². The summed E-state index contributed by atoms with van der Waals surface area (Å²) in [6.45, 7) is 0.785. The molecule has 0 bridgehead atoms. The molecule has 2 N–H and O–H groups in total. The standard InChI is InChI=1S/C16H27NO3/c18-15(13-8-9-14(10-13)16(19)20)17-11-12-6-4-2-1-3-5-7-12/h12-14H,1-11H2,(H,17,18)(H,19,20)/t13-,14+/m0/s1. The molecule has 0 heterocycles. The number of aliphatic carboxylic acids is 1. The van der Waals surface area contributed by atoms with Gasteiger partial charge in [0.05, 0.1) is 5.92 Å². The van der Waals surface area contributed by atoms with E-state index in [9.17, 15) is 9.59 Å². The maximum Gasteiger partial charge on any atom is 0.306 e. The van der Waals surface area contributed by atoms with E-state index < -0.39 is 5.97 Å². The van der Waals surface area contributed by atoms with Gasteiger partial charge in [-0.05, 0) is 38.0 Å². The van der Waals surface area contributed by atoms with Crippen LogP contribution in [-0.4, -0.2) is 23.5 Å². The molecule has 0 unspecified atom stereocenters. The number of amides is 1. The molecule has 2 rings (SSSR count). The summed E-state index contributed by atoms with van der Waals surface area (Å²) in [4.78, 5) is 23.0. The van der Waals surface area contributed by atoms with E-state index in [4.69, 9.17) is 5.11 Å². The largest absolute Gasteiger partial charge is 0.481 e. The van der Waals surface area contributed by atoms with Crippen molar-refractivity contribution in [2.45, 2.75) is 64.2 Å². The van der Waals surface area contributed by atoms with Crippen molar-refractivity contribution in [2.75, 3.05) is 6.54 Å². The molecule has 0 aromatic rings. The second-order valence-electron chi connectivity index (χ2n) is 6.50. The van der Waals surface area contributed by atoms with E-state index in [0.717, 1.165) is 13.0 Å². The number of hydrogen-bond acceptors (Lipinski definition) is 2. The SMILES string of the molecule is O=C(O)[C@@H]1CC[C@H](C(=O)NCC2CCCCCCC2)C1. The van der Waals surface area contributed by atoms with E-state index in [1.54, 1.807) is 0 Å². The third kappa shape index (κ3) is 4.50. The smallest absolute Gasteiger partial charge is 0.306 e. The molecule has 4 nitrogen and oxygen atoms in total. The summed E-state index contributed by atoms with van der Waals surface area (Å²) in [6.07, 6.45) is 10.9. The predicted octanol–water partition coefficient (Wildman–Crippen LogP) is 2.96. The van der Waals surface area contributed by atoms with Crippen molar-refractivity contribution >= 4 is 11.9 Å². The topological polar surface area (TPSA) is 66.4 Å². The Morgan fingerprint density at radius 1 is 0.900 bits per heavy atom. The van der Waals surface area contributed by atoms with E-state index in [1.165, 1.54) is 44.9 Å². The number of hydrogen-bond donors (Lipinski definition) is 2. The van der Waals surface area contributed by atoms with Gasteiger partial charge in [-0.2, -0.15) is 0 Å². The molecule has 2 fully saturated rings. The maximum atomic E-state index is 12.1. The third-order valence-corrected chi connectivity index (χ3v) is 4.94. The van der Waals surface area contributed by atoms with Crippen molar-refractivity contribution in [3.05, 3.63) is 0 Å². The molecular formula is C16H27NO3. The van der Waals surface area contributed by atoms with Crippen LogP contribution in [0, 0.1) is 17.8 Å². The highest BCUT2D eigenvalue weighted by Crippen LogP contribution is 2.31. The lowest BCUT2D eigenvalue weighted by atomic mass is 9.91. The molecule has 0 radical (unpaired) electrons. The first-order valence-corrected chi connectivity index (χ1v) is 8.17. The van der Waals surface area contributed by atoms with Crippen LogP contribution in [0.4, 0.5) is 0 Å². The lowest BCUT2D eigenvalue weighted by Crippen LogP contribution is -2.34. The van der Waals surface area contributed by atoms with Gasteiger partial charge in [0.15, 0.2) is 0 Å². The van der Waals surface area contributed by atoms with E-state index >= 15 is 0 Å². The van der Waals surface area contributed by atoms with Gasteiger partial charge in [0.1, 0.15) is 0 Å². The van der Waals surface area contributed by atoms with Gasteiger partial charge in [0, 0.05) is 12.5 Å². The fraction of sp³-hybridized carbons (Fsp3) is 0.875. The minimum absolute atomic E-state index is 0.0790. The zero-order valence-corrected chi connectivity index (χ0v) is 12.3. The van der Waals surface area contributed by atoms with Gasteiger partial charge in [0.25, 0.3) is 0 Å². The van der Waals surface area contributed by atoms with Crippen molar-refractivity contribution in [1.29, 1.82) is 0 Å². The predicted molar refractivity (Wildman–Crippen MR) is 77.3 cm³/mol. The molecule has 20 heavy (non-hydrogen) atoms. The number of carbonyl (C=O) groups is 2. The molecule has 2 aliphatic carbocycles. The third-order valence-electron chi connectivity index (χ3n) is 4.94. The zero-order valence-electron chi connectivity index (χ0n) is 12.3. The highest BCUT2D eigenvalue weighted by atomic mass is 16.4. The lowest BCUT2D eigenvalue weighted by Gasteiger charge is -2.21. The number of carbonyl (C=O) groups excluding carboxylic acids is 1. The average Bonchev–Trinajstić information content (AvgIpc) is 2.87. The number of rotatable bonds is 4. The molecular weight excluding hydrogens is 254 g/mol. The van der Waals surface area contributed by atoms with Crippen LogP contribution in [0.1, 0.15) is 64.2 Å². The summed E-state index contributed by atoms with van der Waals surface area (Å²) in [5.74, 6) is -0.441. The molecule has 0 spiro atoms. The molecule has 0 aromatic carbocycles. The number of nitrogens with one attached hydrogen (secondary N) is 1. The zero-order chi connectivity index (χ0) is 14.4. The highest BCUT2D eigenvalue weighted by Gasteiger charge is 2.33. The van der Waals surface area contributed by atoms with Crippen LogP contribution in [0.5, 0.6) is 0 Å². The van der Waals surface area contributed by atoms with E-state index in [-0.39, 0.29) is 17.7 Å². The Morgan fingerprint density at radius 3 is 2.10 bits per heavy atom. The highest BCUT2D eigenvalue weighted by molar-refractivity contribution is 5.80. The summed E-state index contributed by atoms with van der Waals surface area (Å²) in [5, 5.41) is 12.0. The second-order valence-corrected chi connectivity index (χ2v) is 6.50. The lowest BCUT2D eigenvalue weighted by molar-refractivity contribution is -0.141. The van der Waals surface area contributed by atoms with Crippen LogP contribution in [0.25, 0.3) is 0 Å². The summed E-state index contributed by atoms with van der Waals surface area (Å²) in [5.41, 5.74) is 0. The Kier molecular flexibility index (Phi) is 5.86. The van der Waals surface area contributed by atoms with Gasteiger partial charge in [-0.1, -0.05) is 32.1 Å². The van der Waals surface area contributed by atoms with Crippen molar-refractivity contribution in [3.63, 3.8) is 0 Å². The Labute approximate surface area is 121 Å².